The first-order valence-electron chi connectivity index (χ1n) is 5.30. The molecule has 1 aliphatic rings. The highest BCUT2D eigenvalue weighted by Crippen LogP contribution is 2.29. The number of ketones is 2. The largest absolute Gasteiger partial charge is 0.381 e. The van der Waals surface area contributed by atoms with Gasteiger partial charge in [0.05, 0.1) is 12.0 Å². The quantitative estimate of drug-likeness (QED) is 0.632. The third kappa shape index (κ3) is 2.41. The Morgan fingerprint density at radius 3 is 2.64 bits per heavy atom. The summed E-state index contributed by atoms with van der Waals surface area (Å²) < 4.78 is 5.20. The van der Waals surface area contributed by atoms with Gasteiger partial charge in [-0.1, -0.05) is 13.3 Å². The molecule has 0 N–H and O–H groups in total. The zero-order chi connectivity index (χ0) is 10.6. The summed E-state index contributed by atoms with van der Waals surface area (Å²) in [4.78, 5) is 23.1. The van der Waals surface area contributed by atoms with Gasteiger partial charge in [-0.25, -0.2) is 0 Å². The fraction of sp³-hybridized carbons (Fsp3) is 0.818. The van der Waals surface area contributed by atoms with Crippen LogP contribution in [0, 0.1) is 5.92 Å². The first-order valence-corrected chi connectivity index (χ1v) is 5.30. The van der Waals surface area contributed by atoms with Crippen LogP contribution < -0.4 is 0 Å². The van der Waals surface area contributed by atoms with Crippen LogP contribution >= 0.6 is 0 Å². The maximum atomic E-state index is 11.7. The third-order valence-corrected chi connectivity index (χ3v) is 2.84. The van der Waals surface area contributed by atoms with E-state index < -0.39 is 0 Å². The summed E-state index contributed by atoms with van der Waals surface area (Å²) in [5, 5.41) is 0. The van der Waals surface area contributed by atoms with Crippen molar-refractivity contribution in [3.8, 4) is 0 Å². The SMILES string of the molecule is CCCC(=O)C(=O)[C@H]1CCC[C@@H]1OC. The van der Waals surface area contributed by atoms with E-state index in [4.69, 9.17) is 4.74 Å². The molecular weight excluding hydrogens is 180 g/mol. The lowest BCUT2D eigenvalue weighted by Gasteiger charge is -2.15. The number of hydrogen-bond donors (Lipinski definition) is 0. The number of Topliss-reactive ketones (excluding diaryl/α,β-unsaturated/α-hetero) is 2. The Kier molecular flexibility index (Phi) is 4.26. The zero-order valence-electron chi connectivity index (χ0n) is 8.91. The van der Waals surface area contributed by atoms with Crippen molar-refractivity contribution in [2.24, 2.45) is 5.92 Å². The van der Waals surface area contributed by atoms with Gasteiger partial charge < -0.3 is 4.74 Å². The van der Waals surface area contributed by atoms with Crippen LogP contribution in [0.15, 0.2) is 0 Å². The molecule has 0 heterocycles. The molecule has 0 aromatic carbocycles. The minimum atomic E-state index is -0.221. The Morgan fingerprint density at radius 2 is 2.07 bits per heavy atom. The lowest BCUT2D eigenvalue weighted by molar-refractivity contribution is -0.141. The highest BCUT2D eigenvalue weighted by molar-refractivity contribution is 6.38. The van der Waals surface area contributed by atoms with Gasteiger partial charge in [-0.2, -0.15) is 0 Å². The molecule has 0 aromatic rings. The molecule has 0 aromatic heterocycles. The predicted octanol–water partition coefficient (Wildman–Crippen LogP) is 1.74. The number of methoxy groups -OCH3 is 1. The van der Waals surface area contributed by atoms with Crippen LogP contribution in [0.5, 0.6) is 0 Å². The fourth-order valence-electron chi connectivity index (χ4n) is 2.07. The van der Waals surface area contributed by atoms with E-state index >= 15 is 0 Å². The van der Waals surface area contributed by atoms with Crippen LogP contribution in [0.3, 0.4) is 0 Å². The number of rotatable bonds is 5. The minimum Gasteiger partial charge on any atom is -0.381 e. The van der Waals surface area contributed by atoms with Crippen LogP contribution in [-0.4, -0.2) is 24.8 Å². The fourth-order valence-corrected chi connectivity index (χ4v) is 2.07. The lowest BCUT2D eigenvalue weighted by atomic mass is 9.95. The summed E-state index contributed by atoms with van der Waals surface area (Å²) in [6.45, 7) is 1.91. The molecule has 2 atom stereocenters. The summed E-state index contributed by atoms with van der Waals surface area (Å²) in [5.41, 5.74) is 0. The van der Waals surface area contributed by atoms with E-state index in [-0.39, 0.29) is 23.6 Å². The van der Waals surface area contributed by atoms with E-state index in [9.17, 15) is 9.59 Å². The summed E-state index contributed by atoms with van der Waals surface area (Å²) in [6, 6.07) is 0. The van der Waals surface area contributed by atoms with Gasteiger partial charge in [0.2, 0.25) is 5.78 Å². The first kappa shape index (κ1) is 11.4. The summed E-state index contributed by atoms with van der Waals surface area (Å²) >= 11 is 0. The van der Waals surface area contributed by atoms with Crippen molar-refractivity contribution in [1.82, 2.24) is 0 Å². The Labute approximate surface area is 84.8 Å². The van der Waals surface area contributed by atoms with Crippen molar-refractivity contribution in [2.45, 2.75) is 45.1 Å². The molecule has 1 saturated carbocycles. The molecule has 0 spiro atoms. The van der Waals surface area contributed by atoms with Gasteiger partial charge in [0, 0.05) is 13.5 Å². The Hall–Kier alpha value is -0.700. The Balaban J connectivity index is 2.55. The van der Waals surface area contributed by atoms with E-state index in [0.29, 0.717) is 6.42 Å². The zero-order valence-corrected chi connectivity index (χ0v) is 8.91. The average Bonchev–Trinajstić information content (AvgIpc) is 2.64. The third-order valence-electron chi connectivity index (χ3n) is 2.84. The van der Waals surface area contributed by atoms with E-state index in [0.717, 1.165) is 25.7 Å². The highest BCUT2D eigenvalue weighted by Gasteiger charge is 2.35. The Morgan fingerprint density at radius 1 is 1.36 bits per heavy atom. The van der Waals surface area contributed by atoms with Crippen LogP contribution in [0.25, 0.3) is 0 Å². The standard InChI is InChI=1S/C11H18O3/c1-3-5-9(12)11(13)8-6-4-7-10(8)14-2/h8,10H,3-7H2,1-2H3/t8-,10-/m0/s1. The molecule has 0 unspecified atom stereocenters. The maximum absolute atomic E-state index is 11.7. The van der Waals surface area contributed by atoms with Crippen molar-refractivity contribution in [2.75, 3.05) is 7.11 Å². The van der Waals surface area contributed by atoms with Crippen LogP contribution in [-0.2, 0) is 14.3 Å². The van der Waals surface area contributed by atoms with Crippen molar-refractivity contribution in [3.05, 3.63) is 0 Å². The molecule has 0 amide bonds. The number of carbonyl (C=O) groups is 2. The molecule has 14 heavy (non-hydrogen) atoms. The highest BCUT2D eigenvalue weighted by atomic mass is 16.5. The smallest absolute Gasteiger partial charge is 0.204 e. The van der Waals surface area contributed by atoms with Gasteiger partial charge in [-0.3, -0.25) is 9.59 Å². The van der Waals surface area contributed by atoms with Crippen LogP contribution in [0.4, 0.5) is 0 Å². The molecule has 3 heteroatoms. The molecule has 80 valence electrons. The predicted molar refractivity (Wildman–Crippen MR) is 53.1 cm³/mol. The molecule has 1 fully saturated rings. The second-order valence-corrected chi connectivity index (χ2v) is 3.85. The van der Waals surface area contributed by atoms with Crippen molar-refractivity contribution in [1.29, 1.82) is 0 Å². The first-order chi connectivity index (χ1) is 6.70. The monoisotopic (exact) mass is 198 g/mol. The van der Waals surface area contributed by atoms with Gasteiger partial charge in [0.1, 0.15) is 0 Å². The van der Waals surface area contributed by atoms with Crippen molar-refractivity contribution < 1.29 is 14.3 Å². The van der Waals surface area contributed by atoms with Gasteiger partial charge in [-0.15, -0.1) is 0 Å². The van der Waals surface area contributed by atoms with Crippen molar-refractivity contribution >= 4 is 11.6 Å². The summed E-state index contributed by atoms with van der Waals surface area (Å²) in [5.74, 6) is -0.600. The van der Waals surface area contributed by atoms with Crippen molar-refractivity contribution in [3.63, 3.8) is 0 Å². The molecule has 0 aliphatic heterocycles. The normalized spacial score (nSPS) is 26.4. The van der Waals surface area contributed by atoms with Crippen LogP contribution in [0.1, 0.15) is 39.0 Å². The molecule has 1 aliphatic carbocycles. The second kappa shape index (κ2) is 5.25. The molecule has 0 bridgehead atoms. The summed E-state index contributed by atoms with van der Waals surface area (Å²) in [7, 11) is 1.61. The molecule has 0 radical (unpaired) electrons. The summed E-state index contributed by atoms with van der Waals surface area (Å²) in [6.07, 6.45) is 3.82. The van der Waals surface area contributed by atoms with E-state index in [1.807, 2.05) is 6.92 Å². The van der Waals surface area contributed by atoms with Gasteiger partial charge in [0.25, 0.3) is 0 Å². The van der Waals surface area contributed by atoms with Gasteiger partial charge in [0.15, 0.2) is 5.78 Å². The van der Waals surface area contributed by atoms with Gasteiger partial charge in [-0.05, 0) is 19.3 Å². The van der Waals surface area contributed by atoms with E-state index in [2.05, 4.69) is 0 Å². The molecule has 0 saturated heterocycles. The number of hydrogen-bond acceptors (Lipinski definition) is 3. The number of ether oxygens (including phenoxy) is 1. The molecule has 3 nitrogen and oxygen atoms in total. The molecular formula is C11H18O3. The number of carbonyl (C=O) groups excluding carboxylic acids is 2. The van der Waals surface area contributed by atoms with Crippen LogP contribution in [0.2, 0.25) is 0 Å². The topological polar surface area (TPSA) is 43.4 Å². The van der Waals surface area contributed by atoms with E-state index in [1.54, 1.807) is 7.11 Å². The second-order valence-electron chi connectivity index (χ2n) is 3.85. The average molecular weight is 198 g/mol. The Bertz CT molecular complexity index is 223. The molecule has 1 rings (SSSR count). The minimum absolute atomic E-state index is 0.0247. The lowest BCUT2D eigenvalue weighted by Crippen LogP contribution is -2.30. The maximum Gasteiger partial charge on any atom is 0.204 e. The van der Waals surface area contributed by atoms with Gasteiger partial charge >= 0.3 is 0 Å². The van der Waals surface area contributed by atoms with E-state index in [1.165, 1.54) is 0 Å².